The number of ether oxygens (including phenoxy) is 1. The molecule has 0 radical (unpaired) electrons. The summed E-state index contributed by atoms with van der Waals surface area (Å²) in [5.41, 5.74) is 1.33. The molecular formula is C16H19NO. The molecule has 1 heterocycles. The van der Waals surface area contributed by atoms with Crippen molar-refractivity contribution in [3.8, 4) is 5.75 Å². The molecule has 0 saturated carbocycles. The summed E-state index contributed by atoms with van der Waals surface area (Å²) in [7, 11) is 0. The number of hydrogen-bond acceptors (Lipinski definition) is 2. The van der Waals surface area contributed by atoms with E-state index in [4.69, 9.17) is 4.74 Å². The third-order valence-corrected chi connectivity index (χ3v) is 3.52. The molecule has 94 valence electrons. The summed E-state index contributed by atoms with van der Waals surface area (Å²) in [6.45, 7) is 4.04. The van der Waals surface area contributed by atoms with Gasteiger partial charge in [-0.2, -0.15) is 0 Å². The minimum absolute atomic E-state index is 0.457. The van der Waals surface area contributed by atoms with Crippen molar-refractivity contribution in [2.24, 2.45) is 0 Å². The Kier molecular flexibility index (Phi) is 3.20. The van der Waals surface area contributed by atoms with Gasteiger partial charge in [0.05, 0.1) is 0 Å². The Labute approximate surface area is 108 Å². The van der Waals surface area contributed by atoms with Gasteiger partial charge in [-0.3, -0.25) is 0 Å². The van der Waals surface area contributed by atoms with E-state index in [1.54, 1.807) is 0 Å². The van der Waals surface area contributed by atoms with E-state index in [9.17, 15) is 0 Å². The van der Waals surface area contributed by atoms with Crippen LogP contribution in [-0.2, 0) is 6.42 Å². The Morgan fingerprint density at radius 3 is 2.78 bits per heavy atom. The highest BCUT2D eigenvalue weighted by Crippen LogP contribution is 2.29. The van der Waals surface area contributed by atoms with Crippen molar-refractivity contribution in [2.45, 2.75) is 25.8 Å². The molecule has 1 atom stereocenters. The molecule has 1 N–H and O–H groups in total. The van der Waals surface area contributed by atoms with Gasteiger partial charge in [-0.1, -0.05) is 31.2 Å². The molecule has 2 heteroatoms. The Morgan fingerprint density at radius 1 is 1.22 bits per heavy atom. The van der Waals surface area contributed by atoms with Crippen LogP contribution in [0.15, 0.2) is 36.4 Å². The quantitative estimate of drug-likeness (QED) is 0.891. The summed E-state index contributed by atoms with van der Waals surface area (Å²) >= 11 is 0. The lowest BCUT2D eigenvalue weighted by molar-refractivity contribution is 0.239. The first-order valence-electron chi connectivity index (χ1n) is 6.74. The van der Waals surface area contributed by atoms with Crippen molar-refractivity contribution in [3.05, 3.63) is 42.0 Å². The molecule has 2 aromatic rings. The second kappa shape index (κ2) is 4.99. The van der Waals surface area contributed by atoms with Crippen molar-refractivity contribution in [1.82, 2.24) is 5.32 Å². The smallest absolute Gasteiger partial charge is 0.123 e. The first-order chi connectivity index (χ1) is 8.86. The zero-order valence-electron chi connectivity index (χ0n) is 10.8. The molecule has 3 rings (SSSR count). The maximum Gasteiger partial charge on any atom is 0.123 e. The monoisotopic (exact) mass is 241 g/mol. The van der Waals surface area contributed by atoms with Gasteiger partial charge in [-0.15, -0.1) is 0 Å². The maximum atomic E-state index is 5.88. The van der Waals surface area contributed by atoms with E-state index < -0.39 is 0 Å². The SMILES string of the molecule is CCCN[C@@H]1COc2cc3ccccc3cc2C1. The highest BCUT2D eigenvalue weighted by molar-refractivity contribution is 5.85. The van der Waals surface area contributed by atoms with Gasteiger partial charge in [0.25, 0.3) is 0 Å². The second-order valence-electron chi connectivity index (χ2n) is 4.97. The lowest BCUT2D eigenvalue weighted by atomic mass is 9.98. The van der Waals surface area contributed by atoms with Crippen LogP contribution in [0.5, 0.6) is 5.75 Å². The highest BCUT2D eigenvalue weighted by atomic mass is 16.5. The van der Waals surface area contributed by atoms with Crippen LogP contribution in [0.25, 0.3) is 10.8 Å². The summed E-state index contributed by atoms with van der Waals surface area (Å²) in [4.78, 5) is 0. The van der Waals surface area contributed by atoms with Crippen LogP contribution in [0.2, 0.25) is 0 Å². The fraction of sp³-hybridized carbons (Fsp3) is 0.375. The van der Waals surface area contributed by atoms with Crippen LogP contribution in [0.4, 0.5) is 0 Å². The van der Waals surface area contributed by atoms with E-state index in [1.807, 2.05) is 0 Å². The third-order valence-electron chi connectivity index (χ3n) is 3.52. The lowest BCUT2D eigenvalue weighted by Gasteiger charge is -2.26. The molecule has 2 aromatic carbocycles. The number of rotatable bonds is 3. The van der Waals surface area contributed by atoms with Gasteiger partial charge in [-0.05, 0) is 47.9 Å². The molecule has 1 aliphatic rings. The van der Waals surface area contributed by atoms with E-state index in [-0.39, 0.29) is 0 Å². The first-order valence-corrected chi connectivity index (χ1v) is 6.74. The number of fused-ring (bicyclic) bond motifs is 2. The highest BCUT2D eigenvalue weighted by Gasteiger charge is 2.19. The van der Waals surface area contributed by atoms with Crippen molar-refractivity contribution in [2.75, 3.05) is 13.2 Å². The van der Waals surface area contributed by atoms with E-state index in [1.165, 1.54) is 22.8 Å². The van der Waals surface area contributed by atoms with E-state index in [0.717, 1.165) is 25.3 Å². The van der Waals surface area contributed by atoms with Crippen molar-refractivity contribution in [3.63, 3.8) is 0 Å². The largest absolute Gasteiger partial charge is 0.492 e. The Bertz CT molecular complexity index is 550. The van der Waals surface area contributed by atoms with Gasteiger partial charge in [-0.25, -0.2) is 0 Å². The van der Waals surface area contributed by atoms with Gasteiger partial charge in [0.15, 0.2) is 0 Å². The van der Waals surface area contributed by atoms with Crippen LogP contribution >= 0.6 is 0 Å². The van der Waals surface area contributed by atoms with Gasteiger partial charge < -0.3 is 10.1 Å². The molecule has 2 nitrogen and oxygen atoms in total. The number of hydrogen-bond donors (Lipinski definition) is 1. The minimum Gasteiger partial charge on any atom is -0.492 e. The van der Waals surface area contributed by atoms with E-state index in [2.05, 4.69) is 48.6 Å². The summed E-state index contributed by atoms with van der Waals surface area (Å²) in [6.07, 6.45) is 2.24. The third kappa shape index (κ3) is 2.21. The van der Waals surface area contributed by atoms with E-state index >= 15 is 0 Å². The molecule has 1 aliphatic heterocycles. The Morgan fingerprint density at radius 2 is 2.00 bits per heavy atom. The number of nitrogens with one attached hydrogen (secondary N) is 1. The molecule has 0 unspecified atom stereocenters. The lowest BCUT2D eigenvalue weighted by Crippen LogP contribution is -2.39. The molecule has 0 fully saturated rings. The standard InChI is InChI=1S/C16H19NO/c1-2-7-17-15-9-14-8-12-5-3-4-6-13(12)10-16(14)18-11-15/h3-6,8,10,15,17H,2,7,9,11H2,1H3/t15-/m0/s1. The average Bonchev–Trinajstić information content (AvgIpc) is 2.42. The van der Waals surface area contributed by atoms with Crippen molar-refractivity contribution in [1.29, 1.82) is 0 Å². The van der Waals surface area contributed by atoms with Crippen molar-refractivity contribution >= 4 is 10.8 Å². The minimum atomic E-state index is 0.457. The summed E-state index contributed by atoms with van der Waals surface area (Å²) < 4.78 is 5.88. The summed E-state index contributed by atoms with van der Waals surface area (Å²) in [6, 6.07) is 13.4. The van der Waals surface area contributed by atoms with Crippen LogP contribution in [-0.4, -0.2) is 19.2 Å². The summed E-state index contributed by atoms with van der Waals surface area (Å²) in [5, 5.41) is 6.10. The molecule has 18 heavy (non-hydrogen) atoms. The van der Waals surface area contributed by atoms with Gasteiger partial charge in [0.1, 0.15) is 12.4 Å². The number of benzene rings is 2. The maximum absolute atomic E-state index is 5.88. The van der Waals surface area contributed by atoms with Gasteiger partial charge in [0.2, 0.25) is 0 Å². The molecule has 0 aromatic heterocycles. The molecule has 0 spiro atoms. The van der Waals surface area contributed by atoms with Crippen LogP contribution in [0.1, 0.15) is 18.9 Å². The Balaban J connectivity index is 1.88. The fourth-order valence-corrected chi connectivity index (χ4v) is 2.55. The topological polar surface area (TPSA) is 21.3 Å². The van der Waals surface area contributed by atoms with Crippen LogP contribution in [0, 0.1) is 0 Å². The molecule has 0 aliphatic carbocycles. The first kappa shape index (κ1) is 11.5. The predicted molar refractivity (Wildman–Crippen MR) is 75.2 cm³/mol. The molecule has 0 bridgehead atoms. The van der Waals surface area contributed by atoms with Crippen LogP contribution < -0.4 is 10.1 Å². The van der Waals surface area contributed by atoms with Gasteiger partial charge in [0, 0.05) is 6.04 Å². The molecule has 0 amide bonds. The zero-order chi connectivity index (χ0) is 12.4. The average molecular weight is 241 g/mol. The molecular weight excluding hydrogens is 222 g/mol. The normalized spacial score (nSPS) is 18.4. The van der Waals surface area contributed by atoms with Gasteiger partial charge >= 0.3 is 0 Å². The van der Waals surface area contributed by atoms with Crippen molar-refractivity contribution < 1.29 is 4.74 Å². The van der Waals surface area contributed by atoms with E-state index in [0.29, 0.717) is 6.04 Å². The zero-order valence-corrected chi connectivity index (χ0v) is 10.8. The fourth-order valence-electron chi connectivity index (χ4n) is 2.55. The molecule has 0 saturated heterocycles. The second-order valence-corrected chi connectivity index (χ2v) is 4.97. The summed E-state index contributed by atoms with van der Waals surface area (Å²) in [5.74, 6) is 1.06. The predicted octanol–water partition coefficient (Wildman–Crippen LogP) is 3.14. The Hall–Kier alpha value is -1.54. The van der Waals surface area contributed by atoms with Crippen LogP contribution in [0.3, 0.4) is 0 Å².